The second-order valence-corrected chi connectivity index (χ2v) is 5.56. The summed E-state index contributed by atoms with van der Waals surface area (Å²) in [5.41, 5.74) is 2.94. The number of aromatic hydroxyl groups is 1. The number of carbonyl (C=O) groups is 2. The van der Waals surface area contributed by atoms with Gasteiger partial charge in [0.25, 0.3) is 0 Å². The highest BCUT2D eigenvalue weighted by Crippen LogP contribution is 2.25. The molecule has 0 saturated heterocycles. The number of aromatic nitrogens is 3. The number of nitrogens with one attached hydrogen (secondary N) is 1. The fourth-order valence-electron chi connectivity index (χ4n) is 2.34. The van der Waals surface area contributed by atoms with Gasteiger partial charge in [-0.25, -0.2) is 0 Å². The van der Waals surface area contributed by atoms with Gasteiger partial charge in [-0.3, -0.25) is 9.59 Å². The Morgan fingerprint density at radius 3 is 2.67 bits per heavy atom. The molecule has 0 aliphatic rings. The summed E-state index contributed by atoms with van der Waals surface area (Å²) in [4.78, 5) is 24.0. The van der Waals surface area contributed by atoms with Crippen LogP contribution in [0.4, 0.5) is 5.69 Å². The molecule has 2 aromatic carbocycles. The molecule has 122 valence electrons. The molecule has 1 heterocycles. The number of phenols is 1. The molecule has 1 aromatic heterocycles. The first kappa shape index (κ1) is 15.7. The van der Waals surface area contributed by atoms with Crippen molar-refractivity contribution in [3.05, 3.63) is 42.0 Å². The highest BCUT2D eigenvalue weighted by molar-refractivity contribution is 6.04. The summed E-state index contributed by atoms with van der Waals surface area (Å²) in [6.07, 6.45) is -0.165. The molecule has 0 bridgehead atoms. The third-order valence-electron chi connectivity index (χ3n) is 3.51. The normalized spacial score (nSPS) is 10.8. The maximum Gasteiger partial charge on any atom is 0.231 e. The van der Waals surface area contributed by atoms with Crippen LogP contribution in [0.15, 0.2) is 36.4 Å². The number of aryl methyl sites for hydroxylation is 1. The van der Waals surface area contributed by atoms with E-state index in [-0.39, 0.29) is 23.9 Å². The van der Waals surface area contributed by atoms with Crippen molar-refractivity contribution in [1.29, 1.82) is 0 Å². The van der Waals surface area contributed by atoms with Crippen LogP contribution >= 0.6 is 0 Å². The Kier molecular flexibility index (Phi) is 3.99. The topological polar surface area (TPSA) is 97.1 Å². The van der Waals surface area contributed by atoms with Gasteiger partial charge in [-0.1, -0.05) is 12.1 Å². The van der Waals surface area contributed by atoms with Crippen LogP contribution in [0, 0.1) is 6.92 Å². The van der Waals surface area contributed by atoms with E-state index in [0.29, 0.717) is 22.4 Å². The van der Waals surface area contributed by atoms with Gasteiger partial charge in [0.1, 0.15) is 28.3 Å². The second kappa shape index (κ2) is 6.11. The van der Waals surface area contributed by atoms with Crippen molar-refractivity contribution < 1.29 is 14.7 Å². The van der Waals surface area contributed by atoms with Gasteiger partial charge < -0.3 is 10.4 Å². The van der Waals surface area contributed by atoms with Crippen molar-refractivity contribution in [1.82, 2.24) is 15.0 Å². The lowest BCUT2D eigenvalue weighted by atomic mass is 10.2. The molecule has 0 aliphatic heterocycles. The average molecular weight is 324 g/mol. The molecule has 24 heavy (non-hydrogen) atoms. The maximum absolute atomic E-state index is 11.7. The molecule has 0 aliphatic carbocycles. The fraction of sp³-hybridized carbons (Fsp3) is 0.176. The SMILES string of the molecule is CC(=O)CC(=O)Nc1ccc2nn(-c3cccc(C)c3O)nc2c1. The van der Waals surface area contributed by atoms with Crippen LogP contribution in [0.1, 0.15) is 18.9 Å². The molecule has 0 spiro atoms. The van der Waals surface area contributed by atoms with Crippen molar-refractivity contribution in [2.75, 3.05) is 5.32 Å². The van der Waals surface area contributed by atoms with E-state index in [1.807, 2.05) is 6.07 Å². The first-order valence-corrected chi connectivity index (χ1v) is 7.39. The molecule has 3 aromatic rings. The second-order valence-electron chi connectivity index (χ2n) is 5.56. The van der Waals surface area contributed by atoms with Crippen molar-refractivity contribution in [2.45, 2.75) is 20.3 Å². The van der Waals surface area contributed by atoms with Crippen LogP contribution in [0.3, 0.4) is 0 Å². The number of hydrogen-bond donors (Lipinski definition) is 2. The number of anilines is 1. The van der Waals surface area contributed by atoms with E-state index in [0.717, 1.165) is 5.56 Å². The number of hydrogen-bond acceptors (Lipinski definition) is 5. The zero-order valence-electron chi connectivity index (χ0n) is 13.3. The molecule has 0 atom stereocenters. The fourth-order valence-corrected chi connectivity index (χ4v) is 2.34. The highest BCUT2D eigenvalue weighted by atomic mass is 16.3. The minimum atomic E-state index is -0.370. The van der Waals surface area contributed by atoms with Crippen molar-refractivity contribution >= 4 is 28.4 Å². The Hall–Kier alpha value is -3.22. The lowest BCUT2D eigenvalue weighted by Crippen LogP contribution is -2.14. The Bertz CT molecular complexity index is 946. The molecule has 0 unspecified atom stereocenters. The summed E-state index contributed by atoms with van der Waals surface area (Å²) in [6, 6.07) is 10.4. The van der Waals surface area contributed by atoms with E-state index in [9.17, 15) is 14.7 Å². The van der Waals surface area contributed by atoms with Gasteiger partial charge in [0.05, 0.1) is 6.42 Å². The van der Waals surface area contributed by atoms with Gasteiger partial charge in [-0.15, -0.1) is 15.0 Å². The molecule has 2 N–H and O–H groups in total. The van der Waals surface area contributed by atoms with E-state index >= 15 is 0 Å². The third-order valence-corrected chi connectivity index (χ3v) is 3.51. The molecule has 0 radical (unpaired) electrons. The first-order chi connectivity index (χ1) is 11.4. The average Bonchev–Trinajstić information content (AvgIpc) is 2.92. The molecular weight excluding hydrogens is 308 g/mol. The number of carbonyl (C=O) groups excluding carboxylic acids is 2. The first-order valence-electron chi connectivity index (χ1n) is 7.39. The number of para-hydroxylation sites is 1. The third kappa shape index (κ3) is 3.10. The number of fused-ring (bicyclic) bond motifs is 1. The predicted molar refractivity (Wildman–Crippen MR) is 89.2 cm³/mol. The lowest BCUT2D eigenvalue weighted by molar-refractivity contribution is -0.124. The largest absolute Gasteiger partial charge is 0.505 e. The van der Waals surface area contributed by atoms with Crippen molar-refractivity contribution in [3.63, 3.8) is 0 Å². The number of nitrogens with zero attached hydrogens (tertiary/aromatic N) is 3. The van der Waals surface area contributed by atoms with Gasteiger partial charge in [0, 0.05) is 5.69 Å². The van der Waals surface area contributed by atoms with Gasteiger partial charge in [0.15, 0.2) is 0 Å². The quantitative estimate of drug-likeness (QED) is 0.718. The van der Waals surface area contributed by atoms with Crippen LogP contribution in [-0.2, 0) is 9.59 Å². The predicted octanol–water partition coefficient (Wildman–Crippen LogP) is 2.35. The summed E-state index contributed by atoms with van der Waals surface area (Å²) in [5.74, 6) is -0.451. The number of amides is 1. The smallest absolute Gasteiger partial charge is 0.231 e. The van der Waals surface area contributed by atoms with Gasteiger partial charge in [0.2, 0.25) is 5.91 Å². The van der Waals surface area contributed by atoms with Gasteiger partial charge in [-0.05, 0) is 43.7 Å². The Labute approximate surface area is 137 Å². The molecule has 7 heteroatoms. The number of phenolic OH excluding ortho intramolecular Hbond substituents is 1. The van der Waals surface area contributed by atoms with E-state index in [4.69, 9.17) is 0 Å². The Balaban J connectivity index is 1.93. The van der Waals surface area contributed by atoms with Gasteiger partial charge in [-0.2, -0.15) is 0 Å². The van der Waals surface area contributed by atoms with Crippen LogP contribution < -0.4 is 5.32 Å². The Morgan fingerprint density at radius 1 is 1.17 bits per heavy atom. The number of rotatable bonds is 4. The Morgan fingerprint density at radius 2 is 1.92 bits per heavy atom. The summed E-state index contributed by atoms with van der Waals surface area (Å²) in [5, 5.41) is 21.5. The van der Waals surface area contributed by atoms with Crippen molar-refractivity contribution in [3.8, 4) is 11.4 Å². The van der Waals surface area contributed by atoms with Crippen LogP contribution in [0.25, 0.3) is 16.7 Å². The summed E-state index contributed by atoms with van der Waals surface area (Å²) < 4.78 is 0. The lowest BCUT2D eigenvalue weighted by Gasteiger charge is -2.04. The summed E-state index contributed by atoms with van der Waals surface area (Å²) >= 11 is 0. The summed E-state index contributed by atoms with van der Waals surface area (Å²) in [7, 11) is 0. The zero-order chi connectivity index (χ0) is 17.3. The number of ketones is 1. The molecule has 7 nitrogen and oxygen atoms in total. The molecule has 3 rings (SSSR count). The van der Waals surface area contributed by atoms with E-state index in [1.54, 1.807) is 37.3 Å². The summed E-state index contributed by atoms with van der Waals surface area (Å²) in [6.45, 7) is 3.16. The number of benzene rings is 2. The van der Waals surface area contributed by atoms with E-state index in [2.05, 4.69) is 15.5 Å². The maximum atomic E-state index is 11.7. The zero-order valence-corrected chi connectivity index (χ0v) is 13.3. The van der Waals surface area contributed by atoms with E-state index in [1.165, 1.54) is 11.7 Å². The molecule has 0 saturated carbocycles. The monoisotopic (exact) mass is 324 g/mol. The van der Waals surface area contributed by atoms with E-state index < -0.39 is 0 Å². The minimum Gasteiger partial charge on any atom is -0.505 e. The molecular formula is C17H16N4O3. The molecule has 0 fully saturated rings. The standard InChI is InChI=1S/C17H16N4O3/c1-10-4-3-5-15(17(10)24)21-19-13-7-6-12(9-14(13)20-21)18-16(23)8-11(2)22/h3-7,9,24H,8H2,1-2H3,(H,18,23). The van der Waals surface area contributed by atoms with Gasteiger partial charge >= 0.3 is 0 Å². The van der Waals surface area contributed by atoms with Crippen LogP contribution in [-0.4, -0.2) is 31.8 Å². The number of Topliss-reactive ketones (excluding diaryl/α,β-unsaturated/α-hetero) is 1. The highest BCUT2D eigenvalue weighted by Gasteiger charge is 2.11. The van der Waals surface area contributed by atoms with Crippen molar-refractivity contribution in [2.24, 2.45) is 0 Å². The van der Waals surface area contributed by atoms with Crippen LogP contribution in [0.5, 0.6) is 5.75 Å². The minimum absolute atomic E-state index is 0.118. The van der Waals surface area contributed by atoms with Crippen LogP contribution in [0.2, 0.25) is 0 Å². The molecule has 1 amide bonds.